The predicted octanol–water partition coefficient (Wildman–Crippen LogP) is 3.46. The summed E-state index contributed by atoms with van der Waals surface area (Å²) >= 11 is 3.51. The zero-order valence-electron chi connectivity index (χ0n) is 12.5. The molecule has 2 aliphatic heterocycles. The highest BCUT2D eigenvalue weighted by Gasteiger charge is 2.38. The fourth-order valence-electron chi connectivity index (χ4n) is 3.62. The third-order valence-electron chi connectivity index (χ3n) is 4.82. The third kappa shape index (κ3) is 3.92. The summed E-state index contributed by atoms with van der Waals surface area (Å²) in [6, 6.07) is 6.34. The molecule has 1 spiro atoms. The van der Waals surface area contributed by atoms with E-state index in [0.717, 1.165) is 16.8 Å². The molecule has 0 saturated carbocycles. The van der Waals surface area contributed by atoms with Crippen LogP contribution in [0.25, 0.3) is 0 Å². The van der Waals surface area contributed by atoms with Crippen LogP contribution in [-0.4, -0.2) is 38.2 Å². The minimum absolute atomic E-state index is 0. The number of nitrogens with one attached hydrogen (secondary N) is 1. The quantitative estimate of drug-likeness (QED) is 0.875. The second kappa shape index (κ2) is 7.32. The first-order chi connectivity index (χ1) is 9.71. The maximum atomic E-state index is 5.51. The van der Waals surface area contributed by atoms with Gasteiger partial charge in [0.2, 0.25) is 0 Å². The number of benzene rings is 1. The molecular weight excluding hydrogens is 352 g/mol. The van der Waals surface area contributed by atoms with E-state index in [1.165, 1.54) is 51.0 Å². The Morgan fingerprint density at radius 3 is 2.76 bits per heavy atom. The van der Waals surface area contributed by atoms with Crippen molar-refractivity contribution < 1.29 is 4.74 Å². The van der Waals surface area contributed by atoms with Crippen molar-refractivity contribution in [3.05, 3.63) is 28.2 Å². The van der Waals surface area contributed by atoms with E-state index in [0.29, 0.717) is 5.41 Å². The van der Waals surface area contributed by atoms with Crippen LogP contribution in [0.1, 0.15) is 24.8 Å². The van der Waals surface area contributed by atoms with Gasteiger partial charge in [-0.05, 0) is 56.4 Å². The lowest BCUT2D eigenvalue weighted by Crippen LogP contribution is -2.38. The zero-order valence-corrected chi connectivity index (χ0v) is 14.9. The molecule has 3 rings (SSSR count). The van der Waals surface area contributed by atoms with Gasteiger partial charge in [0.05, 0.1) is 7.11 Å². The highest BCUT2D eigenvalue weighted by atomic mass is 79.9. The molecule has 1 aromatic carbocycles. The Morgan fingerprint density at radius 1 is 1.29 bits per heavy atom. The summed E-state index contributed by atoms with van der Waals surface area (Å²) in [6.45, 7) is 5.85. The standard InChI is InChI=1S/C16H23BrN2O.ClH/c1-20-15-10-14(17)3-2-13(15)11-19-9-6-16(12-19)4-7-18-8-5-16;/h2-3,10,18H,4-9,11-12H2,1H3;1H. The van der Waals surface area contributed by atoms with Gasteiger partial charge in [-0.1, -0.05) is 22.0 Å². The molecule has 0 amide bonds. The molecule has 3 nitrogen and oxygen atoms in total. The first kappa shape index (κ1) is 17.1. The van der Waals surface area contributed by atoms with Gasteiger partial charge in [-0.15, -0.1) is 12.4 Å². The average Bonchev–Trinajstić information content (AvgIpc) is 2.84. The van der Waals surface area contributed by atoms with Gasteiger partial charge < -0.3 is 10.1 Å². The summed E-state index contributed by atoms with van der Waals surface area (Å²) in [6.07, 6.45) is 4.02. The Hall–Kier alpha value is -0.290. The van der Waals surface area contributed by atoms with Gasteiger partial charge in [-0.3, -0.25) is 4.90 Å². The molecule has 0 aromatic heterocycles. The highest BCUT2D eigenvalue weighted by Crippen LogP contribution is 2.39. The molecule has 21 heavy (non-hydrogen) atoms. The van der Waals surface area contributed by atoms with Gasteiger partial charge >= 0.3 is 0 Å². The van der Waals surface area contributed by atoms with Gasteiger partial charge in [0.1, 0.15) is 5.75 Å². The Kier molecular flexibility index (Phi) is 5.95. The molecule has 118 valence electrons. The molecule has 5 heteroatoms. The van der Waals surface area contributed by atoms with Crippen LogP contribution in [0.2, 0.25) is 0 Å². The average molecular weight is 376 g/mol. The van der Waals surface area contributed by atoms with E-state index in [4.69, 9.17) is 4.74 Å². The topological polar surface area (TPSA) is 24.5 Å². The summed E-state index contributed by atoms with van der Waals surface area (Å²) in [7, 11) is 1.75. The molecule has 0 aliphatic carbocycles. The van der Waals surface area contributed by atoms with E-state index in [-0.39, 0.29) is 12.4 Å². The van der Waals surface area contributed by atoms with Gasteiger partial charge in [0, 0.05) is 23.1 Å². The Morgan fingerprint density at radius 2 is 2.05 bits per heavy atom. The molecular formula is C16H24BrClN2O. The summed E-state index contributed by atoms with van der Waals surface area (Å²) < 4.78 is 6.58. The summed E-state index contributed by atoms with van der Waals surface area (Å²) in [5, 5.41) is 3.48. The number of rotatable bonds is 3. The second-order valence-corrected chi connectivity index (χ2v) is 7.08. The summed E-state index contributed by atoms with van der Waals surface area (Å²) in [5.74, 6) is 0.991. The monoisotopic (exact) mass is 374 g/mol. The van der Waals surface area contributed by atoms with E-state index >= 15 is 0 Å². The van der Waals surface area contributed by atoms with E-state index in [9.17, 15) is 0 Å². The SMILES string of the molecule is COc1cc(Br)ccc1CN1CCC2(CCNCC2)C1.Cl. The maximum absolute atomic E-state index is 5.51. The number of ether oxygens (including phenoxy) is 1. The minimum Gasteiger partial charge on any atom is -0.496 e. The zero-order chi connectivity index (χ0) is 14.0. The number of likely N-dealkylation sites (tertiary alicyclic amines) is 1. The number of nitrogens with zero attached hydrogens (tertiary/aromatic N) is 1. The molecule has 0 bridgehead atoms. The van der Waals surface area contributed by atoms with Gasteiger partial charge in [-0.25, -0.2) is 0 Å². The first-order valence-corrected chi connectivity index (χ1v) is 8.26. The van der Waals surface area contributed by atoms with E-state index < -0.39 is 0 Å². The van der Waals surface area contributed by atoms with Gasteiger partial charge in [0.25, 0.3) is 0 Å². The maximum Gasteiger partial charge on any atom is 0.124 e. The Balaban J connectivity index is 0.00000161. The molecule has 1 aromatic rings. The van der Waals surface area contributed by atoms with E-state index in [1.807, 2.05) is 0 Å². The number of halogens is 2. The second-order valence-electron chi connectivity index (χ2n) is 6.17. The molecule has 2 saturated heterocycles. The van der Waals surface area contributed by atoms with E-state index in [2.05, 4.69) is 44.3 Å². The molecule has 0 unspecified atom stereocenters. The molecule has 2 heterocycles. The number of hydrogen-bond donors (Lipinski definition) is 1. The summed E-state index contributed by atoms with van der Waals surface area (Å²) in [5.41, 5.74) is 1.87. The molecule has 0 atom stereocenters. The van der Waals surface area contributed by atoms with Crippen LogP contribution >= 0.6 is 28.3 Å². The molecule has 2 aliphatic rings. The lowest BCUT2D eigenvalue weighted by molar-refractivity contribution is 0.193. The Bertz CT molecular complexity index is 477. The van der Waals surface area contributed by atoms with Crippen LogP contribution in [0.15, 0.2) is 22.7 Å². The third-order valence-corrected chi connectivity index (χ3v) is 5.32. The molecule has 2 fully saturated rings. The van der Waals surface area contributed by atoms with Crippen molar-refractivity contribution in [2.24, 2.45) is 5.41 Å². The largest absolute Gasteiger partial charge is 0.496 e. The fourth-order valence-corrected chi connectivity index (χ4v) is 3.96. The van der Waals surface area contributed by atoms with E-state index in [1.54, 1.807) is 7.11 Å². The van der Waals surface area contributed by atoms with Crippen LogP contribution in [0.3, 0.4) is 0 Å². The number of methoxy groups -OCH3 is 1. The normalized spacial score (nSPS) is 21.2. The number of piperidine rings is 1. The predicted molar refractivity (Wildman–Crippen MR) is 92.4 cm³/mol. The van der Waals surface area contributed by atoms with Gasteiger partial charge in [0.15, 0.2) is 0 Å². The van der Waals surface area contributed by atoms with Crippen molar-refractivity contribution >= 4 is 28.3 Å². The van der Waals surface area contributed by atoms with Crippen molar-refractivity contribution in [2.75, 3.05) is 33.3 Å². The minimum atomic E-state index is 0. The van der Waals surface area contributed by atoms with Crippen LogP contribution in [0.5, 0.6) is 5.75 Å². The van der Waals surface area contributed by atoms with Crippen LogP contribution in [0.4, 0.5) is 0 Å². The smallest absolute Gasteiger partial charge is 0.124 e. The van der Waals surface area contributed by atoms with Crippen molar-refractivity contribution in [1.82, 2.24) is 10.2 Å². The van der Waals surface area contributed by atoms with Crippen LogP contribution < -0.4 is 10.1 Å². The lowest BCUT2D eigenvalue weighted by atomic mass is 9.78. The van der Waals surface area contributed by atoms with Crippen LogP contribution in [-0.2, 0) is 6.54 Å². The van der Waals surface area contributed by atoms with Crippen molar-refractivity contribution in [2.45, 2.75) is 25.8 Å². The number of hydrogen-bond acceptors (Lipinski definition) is 3. The highest BCUT2D eigenvalue weighted by molar-refractivity contribution is 9.10. The van der Waals surface area contributed by atoms with Gasteiger partial charge in [-0.2, -0.15) is 0 Å². The van der Waals surface area contributed by atoms with Crippen molar-refractivity contribution in [1.29, 1.82) is 0 Å². The van der Waals surface area contributed by atoms with Crippen molar-refractivity contribution in [3.8, 4) is 5.75 Å². The fraction of sp³-hybridized carbons (Fsp3) is 0.625. The molecule has 1 N–H and O–H groups in total. The molecule has 0 radical (unpaired) electrons. The van der Waals surface area contributed by atoms with Crippen molar-refractivity contribution in [3.63, 3.8) is 0 Å². The Labute approximate surface area is 142 Å². The summed E-state index contributed by atoms with van der Waals surface area (Å²) in [4.78, 5) is 2.59. The lowest BCUT2D eigenvalue weighted by Gasteiger charge is -2.34. The first-order valence-electron chi connectivity index (χ1n) is 7.46. The van der Waals surface area contributed by atoms with Crippen LogP contribution in [0, 0.1) is 5.41 Å².